The first-order valence-electron chi connectivity index (χ1n) is 7.54. The summed E-state index contributed by atoms with van der Waals surface area (Å²) in [5, 5.41) is 15.8. The summed E-state index contributed by atoms with van der Waals surface area (Å²) in [4.78, 5) is 16.5. The first kappa shape index (κ1) is 17.7. The Morgan fingerprint density at radius 1 is 1.00 bits per heavy atom. The van der Waals surface area contributed by atoms with E-state index in [9.17, 15) is 4.79 Å². The van der Waals surface area contributed by atoms with Gasteiger partial charge in [0.1, 0.15) is 6.07 Å². The second-order valence-corrected chi connectivity index (χ2v) is 6.14. The Labute approximate surface area is 160 Å². The smallest absolute Gasteiger partial charge is 0.257 e. The first-order chi connectivity index (χ1) is 12.6. The van der Waals surface area contributed by atoms with Crippen LogP contribution in [0.2, 0.25) is 10.0 Å². The maximum Gasteiger partial charge on any atom is 0.257 e. The number of nitriles is 1. The molecule has 2 aromatic carbocycles. The van der Waals surface area contributed by atoms with Gasteiger partial charge in [-0.1, -0.05) is 35.3 Å². The standard InChI is InChI=1S/C19H12Cl2N4O/c20-16-6-5-14(8-17(16)21)24-15-7-13(10-23-11-15)19(26)25-18-4-2-1-3-12(18)9-22/h1-8,10-11,24H,(H,25,26). The number of pyridine rings is 1. The molecule has 0 radical (unpaired) electrons. The molecule has 0 fully saturated rings. The van der Waals surface area contributed by atoms with Crippen molar-refractivity contribution >= 4 is 46.2 Å². The SMILES string of the molecule is N#Cc1ccccc1NC(=O)c1cncc(Nc2ccc(Cl)c(Cl)c2)c1. The van der Waals surface area contributed by atoms with Crippen LogP contribution in [0.25, 0.3) is 0 Å². The van der Waals surface area contributed by atoms with Gasteiger partial charge in [0.05, 0.1) is 38.7 Å². The fraction of sp³-hybridized carbons (Fsp3) is 0. The summed E-state index contributed by atoms with van der Waals surface area (Å²) in [7, 11) is 0. The molecule has 0 bridgehead atoms. The molecule has 128 valence electrons. The van der Waals surface area contributed by atoms with Crippen molar-refractivity contribution in [3.05, 3.63) is 82.1 Å². The summed E-state index contributed by atoms with van der Waals surface area (Å²) in [6, 6.07) is 15.6. The number of carbonyl (C=O) groups excluding carboxylic acids is 1. The topological polar surface area (TPSA) is 77.8 Å². The van der Waals surface area contributed by atoms with Gasteiger partial charge in [0.15, 0.2) is 0 Å². The van der Waals surface area contributed by atoms with Gasteiger partial charge in [-0.15, -0.1) is 0 Å². The number of nitrogens with zero attached hydrogens (tertiary/aromatic N) is 2. The van der Waals surface area contributed by atoms with Crippen LogP contribution in [0.15, 0.2) is 60.9 Å². The predicted molar refractivity (Wildman–Crippen MR) is 103 cm³/mol. The molecule has 1 amide bonds. The summed E-state index contributed by atoms with van der Waals surface area (Å²) in [5.74, 6) is -0.363. The summed E-state index contributed by atoms with van der Waals surface area (Å²) in [6.07, 6.45) is 3.03. The van der Waals surface area contributed by atoms with Gasteiger partial charge in [-0.3, -0.25) is 9.78 Å². The van der Waals surface area contributed by atoms with E-state index in [1.165, 1.54) is 6.20 Å². The Morgan fingerprint density at radius 2 is 1.81 bits per heavy atom. The Balaban J connectivity index is 1.79. The van der Waals surface area contributed by atoms with Crippen molar-refractivity contribution < 1.29 is 4.79 Å². The van der Waals surface area contributed by atoms with Crippen molar-refractivity contribution in [2.24, 2.45) is 0 Å². The van der Waals surface area contributed by atoms with E-state index in [0.29, 0.717) is 38.2 Å². The molecule has 3 rings (SSSR count). The van der Waals surface area contributed by atoms with Crippen molar-refractivity contribution in [1.29, 1.82) is 5.26 Å². The highest BCUT2D eigenvalue weighted by atomic mass is 35.5. The normalized spacial score (nSPS) is 10.0. The molecule has 0 spiro atoms. The van der Waals surface area contributed by atoms with Crippen LogP contribution < -0.4 is 10.6 Å². The number of nitrogens with one attached hydrogen (secondary N) is 2. The summed E-state index contributed by atoms with van der Waals surface area (Å²) >= 11 is 11.9. The molecule has 1 aromatic heterocycles. The molecule has 2 N–H and O–H groups in total. The minimum absolute atomic E-state index is 0.350. The molecular formula is C19H12Cl2N4O. The maximum atomic E-state index is 12.5. The minimum Gasteiger partial charge on any atom is -0.354 e. The molecule has 1 heterocycles. The Morgan fingerprint density at radius 3 is 2.58 bits per heavy atom. The van der Waals surface area contributed by atoms with Gasteiger partial charge in [-0.05, 0) is 36.4 Å². The van der Waals surface area contributed by atoms with E-state index < -0.39 is 0 Å². The summed E-state index contributed by atoms with van der Waals surface area (Å²) in [6.45, 7) is 0. The third-order valence-corrected chi connectivity index (χ3v) is 4.24. The summed E-state index contributed by atoms with van der Waals surface area (Å²) in [5.41, 5.74) is 2.52. The van der Waals surface area contributed by atoms with Gasteiger partial charge >= 0.3 is 0 Å². The number of carbonyl (C=O) groups is 1. The average molecular weight is 383 g/mol. The molecule has 0 saturated carbocycles. The molecule has 0 aliphatic rings. The van der Waals surface area contributed by atoms with Crippen molar-refractivity contribution in [2.75, 3.05) is 10.6 Å². The number of hydrogen-bond acceptors (Lipinski definition) is 4. The minimum atomic E-state index is -0.363. The number of anilines is 3. The highest BCUT2D eigenvalue weighted by Gasteiger charge is 2.10. The molecule has 0 atom stereocenters. The van der Waals surface area contributed by atoms with Crippen LogP contribution in [0.1, 0.15) is 15.9 Å². The van der Waals surface area contributed by atoms with Gasteiger partial charge in [0.2, 0.25) is 0 Å². The molecule has 0 unspecified atom stereocenters. The van der Waals surface area contributed by atoms with Crippen LogP contribution in [-0.4, -0.2) is 10.9 Å². The van der Waals surface area contributed by atoms with E-state index in [4.69, 9.17) is 28.5 Å². The van der Waals surface area contributed by atoms with E-state index in [-0.39, 0.29) is 5.91 Å². The highest BCUT2D eigenvalue weighted by molar-refractivity contribution is 6.42. The maximum absolute atomic E-state index is 12.5. The Bertz CT molecular complexity index is 1010. The molecule has 3 aromatic rings. The second kappa shape index (κ2) is 7.87. The number of rotatable bonds is 4. The number of aromatic nitrogens is 1. The largest absolute Gasteiger partial charge is 0.354 e. The number of halogens is 2. The predicted octanol–water partition coefficient (Wildman–Crippen LogP) is 5.26. The zero-order valence-electron chi connectivity index (χ0n) is 13.3. The average Bonchev–Trinajstić information content (AvgIpc) is 2.65. The molecule has 0 aliphatic heterocycles. The van der Waals surface area contributed by atoms with E-state index in [1.807, 2.05) is 6.07 Å². The lowest BCUT2D eigenvalue weighted by Crippen LogP contribution is -2.13. The first-order valence-corrected chi connectivity index (χ1v) is 8.30. The van der Waals surface area contributed by atoms with E-state index in [0.717, 1.165) is 0 Å². The van der Waals surface area contributed by atoms with Crippen molar-refractivity contribution in [3.63, 3.8) is 0 Å². The summed E-state index contributed by atoms with van der Waals surface area (Å²) < 4.78 is 0. The monoisotopic (exact) mass is 382 g/mol. The van der Waals surface area contributed by atoms with Crippen molar-refractivity contribution in [2.45, 2.75) is 0 Å². The van der Waals surface area contributed by atoms with Crippen LogP contribution in [0, 0.1) is 11.3 Å². The molecule has 5 nitrogen and oxygen atoms in total. The number of benzene rings is 2. The van der Waals surface area contributed by atoms with Gasteiger partial charge < -0.3 is 10.6 Å². The van der Waals surface area contributed by atoms with Gasteiger partial charge in [0, 0.05) is 11.9 Å². The van der Waals surface area contributed by atoms with E-state index >= 15 is 0 Å². The van der Waals surface area contributed by atoms with Crippen LogP contribution in [-0.2, 0) is 0 Å². The third-order valence-electron chi connectivity index (χ3n) is 3.50. The number of amides is 1. The van der Waals surface area contributed by atoms with E-state index in [1.54, 1.807) is 54.7 Å². The second-order valence-electron chi connectivity index (χ2n) is 5.33. The van der Waals surface area contributed by atoms with Crippen LogP contribution >= 0.6 is 23.2 Å². The number of para-hydroxylation sites is 1. The van der Waals surface area contributed by atoms with Crippen molar-refractivity contribution in [1.82, 2.24) is 4.98 Å². The van der Waals surface area contributed by atoms with Crippen LogP contribution in [0.4, 0.5) is 17.1 Å². The number of hydrogen-bond donors (Lipinski definition) is 2. The van der Waals surface area contributed by atoms with Gasteiger partial charge in [-0.25, -0.2) is 0 Å². The van der Waals surface area contributed by atoms with Gasteiger partial charge in [0.25, 0.3) is 5.91 Å². The molecular weight excluding hydrogens is 371 g/mol. The Hall–Kier alpha value is -3.07. The highest BCUT2D eigenvalue weighted by Crippen LogP contribution is 2.27. The zero-order chi connectivity index (χ0) is 18.5. The lowest BCUT2D eigenvalue weighted by Gasteiger charge is -2.10. The lowest BCUT2D eigenvalue weighted by molar-refractivity contribution is 0.102. The quantitative estimate of drug-likeness (QED) is 0.645. The third kappa shape index (κ3) is 4.12. The van der Waals surface area contributed by atoms with E-state index in [2.05, 4.69) is 15.6 Å². The molecule has 26 heavy (non-hydrogen) atoms. The van der Waals surface area contributed by atoms with Crippen LogP contribution in [0.3, 0.4) is 0 Å². The fourth-order valence-corrected chi connectivity index (χ4v) is 2.56. The lowest BCUT2D eigenvalue weighted by atomic mass is 10.2. The molecule has 7 heteroatoms. The van der Waals surface area contributed by atoms with Crippen molar-refractivity contribution in [3.8, 4) is 6.07 Å². The molecule has 0 saturated heterocycles. The molecule has 0 aliphatic carbocycles. The Kier molecular flexibility index (Phi) is 5.37. The zero-order valence-corrected chi connectivity index (χ0v) is 14.8. The van der Waals surface area contributed by atoms with Crippen LogP contribution in [0.5, 0.6) is 0 Å². The van der Waals surface area contributed by atoms with Gasteiger partial charge in [-0.2, -0.15) is 5.26 Å². The fourth-order valence-electron chi connectivity index (χ4n) is 2.26.